The topological polar surface area (TPSA) is 78.4 Å². The number of hydrogen-bond acceptors (Lipinski definition) is 2. The summed E-state index contributed by atoms with van der Waals surface area (Å²) in [5, 5.41) is 14.1. The largest absolute Gasteiger partial charge is 0.481 e. The summed E-state index contributed by atoms with van der Waals surface area (Å²) in [7, 11) is 0. The molecule has 1 fully saturated rings. The summed E-state index contributed by atoms with van der Waals surface area (Å²) >= 11 is 0. The SMILES string of the molecule is CCCC1CC1NC(=O)NCCCCC(=O)O. The lowest BCUT2D eigenvalue weighted by Crippen LogP contribution is -2.37. The van der Waals surface area contributed by atoms with Gasteiger partial charge in [-0.2, -0.15) is 0 Å². The number of carbonyl (C=O) groups excluding carboxylic acids is 1. The molecule has 5 nitrogen and oxygen atoms in total. The number of unbranched alkanes of at least 4 members (excludes halogenated alkanes) is 1. The molecule has 0 aromatic carbocycles. The van der Waals surface area contributed by atoms with E-state index in [0.717, 1.165) is 6.42 Å². The van der Waals surface area contributed by atoms with Crippen molar-refractivity contribution in [3.05, 3.63) is 0 Å². The van der Waals surface area contributed by atoms with Crippen LogP contribution in [0.15, 0.2) is 0 Å². The van der Waals surface area contributed by atoms with E-state index in [9.17, 15) is 9.59 Å². The van der Waals surface area contributed by atoms with Gasteiger partial charge in [-0.25, -0.2) is 4.79 Å². The normalized spacial score (nSPS) is 21.9. The van der Waals surface area contributed by atoms with Crippen molar-refractivity contribution in [1.29, 1.82) is 0 Å². The van der Waals surface area contributed by atoms with E-state index in [0.29, 0.717) is 31.3 Å². The minimum atomic E-state index is -0.783. The molecule has 0 heterocycles. The average molecular weight is 242 g/mol. The number of carboxylic acid groups (broad SMARTS) is 1. The Bertz CT molecular complexity index is 268. The number of carbonyl (C=O) groups is 2. The Labute approximate surface area is 102 Å². The number of hydrogen-bond donors (Lipinski definition) is 3. The number of carboxylic acids is 1. The molecule has 0 aromatic rings. The molecule has 0 aliphatic heterocycles. The Morgan fingerprint density at radius 1 is 1.35 bits per heavy atom. The van der Waals surface area contributed by atoms with Crippen LogP contribution >= 0.6 is 0 Å². The molecule has 0 saturated heterocycles. The molecule has 98 valence electrons. The Morgan fingerprint density at radius 2 is 2.12 bits per heavy atom. The molecule has 2 atom stereocenters. The number of nitrogens with one attached hydrogen (secondary N) is 2. The lowest BCUT2D eigenvalue weighted by molar-refractivity contribution is -0.137. The van der Waals surface area contributed by atoms with E-state index in [1.54, 1.807) is 0 Å². The molecular formula is C12H22N2O3. The summed E-state index contributed by atoms with van der Waals surface area (Å²) in [6.07, 6.45) is 4.94. The smallest absolute Gasteiger partial charge is 0.315 e. The summed E-state index contributed by atoms with van der Waals surface area (Å²) < 4.78 is 0. The van der Waals surface area contributed by atoms with Crippen LogP contribution in [0.2, 0.25) is 0 Å². The lowest BCUT2D eigenvalue weighted by Gasteiger charge is -2.06. The molecule has 1 saturated carbocycles. The molecule has 1 aliphatic carbocycles. The van der Waals surface area contributed by atoms with Crippen molar-refractivity contribution in [2.24, 2.45) is 5.92 Å². The van der Waals surface area contributed by atoms with E-state index in [-0.39, 0.29) is 12.5 Å². The van der Waals surface area contributed by atoms with Crippen molar-refractivity contribution < 1.29 is 14.7 Å². The molecule has 2 amide bonds. The Kier molecular flexibility index (Phi) is 5.80. The Morgan fingerprint density at radius 3 is 2.76 bits per heavy atom. The Balaban J connectivity index is 1.94. The zero-order valence-electron chi connectivity index (χ0n) is 10.4. The van der Waals surface area contributed by atoms with Gasteiger partial charge in [0.25, 0.3) is 0 Å². The van der Waals surface area contributed by atoms with Gasteiger partial charge in [-0.15, -0.1) is 0 Å². The van der Waals surface area contributed by atoms with Crippen molar-refractivity contribution in [3.63, 3.8) is 0 Å². The van der Waals surface area contributed by atoms with Gasteiger partial charge in [-0.3, -0.25) is 4.79 Å². The van der Waals surface area contributed by atoms with Crippen molar-refractivity contribution >= 4 is 12.0 Å². The maximum atomic E-state index is 11.4. The molecule has 17 heavy (non-hydrogen) atoms. The van der Waals surface area contributed by atoms with Gasteiger partial charge in [0.2, 0.25) is 0 Å². The van der Waals surface area contributed by atoms with Crippen LogP contribution in [0.3, 0.4) is 0 Å². The quantitative estimate of drug-likeness (QED) is 0.567. The Hall–Kier alpha value is -1.26. The first-order valence-corrected chi connectivity index (χ1v) is 6.39. The standard InChI is InChI=1S/C12H22N2O3/c1-2-5-9-8-10(9)14-12(17)13-7-4-3-6-11(15)16/h9-10H,2-8H2,1H3,(H,15,16)(H2,13,14,17). The third-order valence-corrected chi connectivity index (χ3v) is 3.00. The number of amides is 2. The first-order valence-electron chi connectivity index (χ1n) is 6.39. The summed E-state index contributed by atoms with van der Waals surface area (Å²) in [4.78, 5) is 21.6. The van der Waals surface area contributed by atoms with Gasteiger partial charge in [0.1, 0.15) is 0 Å². The van der Waals surface area contributed by atoms with Gasteiger partial charge in [-0.1, -0.05) is 13.3 Å². The third-order valence-electron chi connectivity index (χ3n) is 3.00. The minimum Gasteiger partial charge on any atom is -0.481 e. The summed E-state index contributed by atoms with van der Waals surface area (Å²) in [6, 6.07) is 0.234. The van der Waals surface area contributed by atoms with E-state index < -0.39 is 5.97 Å². The first kappa shape index (κ1) is 13.8. The molecule has 5 heteroatoms. The highest BCUT2D eigenvalue weighted by atomic mass is 16.4. The zero-order chi connectivity index (χ0) is 12.7. The molecule has 1 rings (SSSR count). The fourth-order valence-corrected chi connectivity index (χ4v) is 1.94. The van der Waals surface area contributed by atoms with Gasteiger partial charge >= 0.3 is 12.0 Å². The van der Waals surface area contributed by atoms with Gasteiger partial charge in [-0.05, 0) is 31.6 Å². The summed E-state index contributed by atoms with van der Waals surface area (Å²) in [5.74, 6) is -0.118. The maximum absolute atomic E-state index is 11.4. The molecule has 0 radical (unpaired) electrons. The molecule has 0 bridgehead atoms. The fourth-order valence-electron chi connectivity index (χ4n) is 1.94. The second-order valence-corrected chi connectivity index (χ2v) is 4.64. The van der Waals surface area contributed by atoms with Crippen LogP contribution in [0.25, 0.3) is 0 Å². The minimum absolute atomic E-state index is 0.121. The molecule has 0 spiro atoms. The van der Waals surface area contributed by atoms with Crippen LogP contribution in [0.1, 0.15) is 45.4 Å². The maximum Gasteiger partial charge on any atom is 0.315 e. The second-order valence-electron chi connectivity index (χ2n) is 4.64. The van der Waals surface area contributed by atoms with Crippen LogP contribution in [0.4, 0.5) is 4.79 Å². The van der Waals surface area contributed by atoms with E-state index in [2.05, 4.69) is 17.6 Å². The highest BCUT2D eigenvalue weighted by Gasteiger charge is 2.36. The van der Waals surface area contributed by atoms with Crippen LogP contribution in [0, 0.1) is 5.92 Å². The van der Waals surface area contributed by atoms with E-state index in [1.165, 1.54) is 12.8 Å². The number of aliphatic carboxylic acids is 1. The highest BCUT2D eigenvalue weighted by molar-refractivity contribution is 5.74. The first-order chi connectivity index (χ1) is 8.13. The van der Waals surface area contributed by atoms with E-state index >= 15 is 0 Å². The molecular weight excluding hydrogens is 220 g/mol. The van der Waals surface area contributed by atoms with Crippen LogP contribution in [-0.4, -0.2) is 29.7 Å². The molecule has 3 N–H and O–H groups in total. The summed E-state index contributed by atoms with van der Waals surface area (Å²) in [5.41, 5.74) is 0. The van der Waals surface area contributed by atoms with Crippen molar-refractivity contribution in [2.45, 2.75) is 51.5 Å². The van der Waals surface area contributed by atoms with Gasteiger partial charge < -0.3 is 15.7 Å². The predicted octanol–water partition coefficient (Wildman–Crippen LogP) is 1.73. The monoisotopic (exact) mass is 242 g/mol. The fraction of sp³-hybridized carbons (Fsp3) is 0.833. The van der Waals surface area contributed by atoms with E-state index in [1.807, 2.05) is 0 Å². The molecule has 0 aromatic heterocycles. The van der Waals surface area contributed by atoms with Crippen molar-refractivity contribution in [2.75, 3.05) is 6.54 Å². The zero-order valence-corrected chi connectivity index (χ0v) is 10.4. The van der Waals surface area contributed by atoms with Crippen LogP contribution in [-0.2, 0) is 4.79 Å². The van der Waals surface area contributed by atoms with Gasteiger partial charge in [0, 0.05) is 19.0 Å². The van der Waals surface area contributed by atoms with E-state index in [4.69, 9.17) is 5.11 Å². The number of urea groups is 1. The summed E-state index contributed by atoms with van der Waals surface area (Å²) in [6.45, 7) is 2.70. The van der Waals surface area contributed by atoms with Gasteiger partial charge in [0.05, 0.1) is 0 Å². The lowest BCUT2D eigenvalue weighted by atomic mass is 10.2. The number of rotatable bonds is 8. The molecule has 1 aliphatic rings. The predicted molar refractivity (Wildman–Crippen MR) is 64.8 cm³/mol. The average Bonchev–Trinajstić information content (AvgIpc) is 2.96. The van der Waals surface area contributed by atoms with Crippen LogP contribution in [0.5, 0.6) is 0 Å². The van der Waals surface area contributed by atoms with Crippen LogP contribution < -0.4 is 10.6 Å². The third kappa shape index (κ3) is 6.14. The second kappa shape index (κ2) is 7.14. The highest BCUT2D eigenvalue weighted by Crippen LogP contribution is 2.34. The van der Waals surface area contributed by atoms with Crippen molar-refractivity contribution in [3.8, 4) is 0 Å². The molecule has 2 unspecified atom stereocenters. The van der Waals surface area contributed by atoms with Gasteiger partial charge in [0.15, 0.2) is 0 Å². The van der Waals surface area contributed by atoms with Crippen molar-refractivity contribution in [1.82, 2.24) is 10.6 Å².